The van der Waals surface area contributed by atoms with Crippen LogP contribution in [0.2, 0.25) is 0 Å². The van der Waals surface area contributed by atoms with Crippen LogP contribution in [-0.2, 0) is 4.79 Å². The maximum Gasteiger partial charge on any atom is 0.222 e. The molecular weight excluding hydrogens is 240 g/mol. The second-order valence-electron chi connectivity index (χ2n) is 4.43. The molecular formula is C11H22N2O3S. The number of thioether (sulfide) groups is 1. The molecule has 1 unspecified atom stereocenters. The van der Waals surface area contributed by atoms with E-state index in [0.717, 1.165) is 18.1 Å². The predicted molar refractivity (Wildman–Crippen MR) is 69.1 cm³/mol. The third kappa shape index (κ3) is 4.46. The second kappa shape index (κ2) is 7.20. The van der Waals surface area contributed by atoms with E-state index in [9.17, 15) is 15.0 Å². The Labute approximate surface area is 106 Å². The first-order chi connectivity index (χ1) is 8.15. The average molecular weight is 262 g/mol. The van der Waals surface area contributed by atoms with Gasteiger partial charge in [-0.05, 0) is 6.42 Å². The van der Waals surface area contributed by atoms with Gasteiger partial charge in [0.05, 0.1) is 18.8 Å². The number of amides is 1. The van der Waals surface area contributed by atoms with E-state index in [1.54, 1.807) is 0 Å². The normalized spacial score (nSPS) is 21.2. The third-order valence-electron chi connectivity index (χ3n) is 3.12. The molecule has 0 aliphatic carbocycles. The van der Waals surface area contributed by atoms with E-state index in [2.05, 4.69) is 10.6 Å². The van der Waals surface area contributed by atoms with Crippen molar-refractivity contribution in [1.29, 1.82) is 0 Å². The molecule has 0 saturated carbocycles. The summed E-state index contributed by atoms with van der Waals surface area (Å²) in [7, 11) is 0. The van der Waals surface area contributed by atoms with E-state index in [-0.39, 0.29) is 25.2 Å². The van der Waals surface area contributed by atoms with Crippen LogP contribution in [0.1, 0.15) is 19.8 Å². The zero-order chi connectivity index (χ0) is 12.7. The highest BCUT2D eigenvalue weighted by Gasteiger charge is 2.29. The van der Waals surface area contributed by atoms with Crippen LogP contribution >= 0.6 is 11.8 Å². The van der Waals surface area contributed by atoms with Gasteiger partial charge in [-0.25, -0.2) is 0 Å². The van der Waals surface area contributed by atoms with E-state index < -0.39 is 5.54 Å². The first-order valence-corrected chi connectivity index (χ1v) is 7.15. The van der Waals surface area contributed by atoms with Gasteiger partial charge in [0.2, 0.25) is 5.91 Å². The Bertz CT molecular complexity index is 233. The monoisotopic (exact) mass is 262 g/mol. The molecule has 1 heterocycles. The molecule has 0 aromatic heterocycles. The molecule has 17 heavy (non-hydrogen) atoms. The number of carbonyl (C=O) groups excluding carboxylic acids is 1. The minimum Gasteiger partial charge on any atom is -0.394 e. The highest BCUT2D eigenvalue weighted by Crippen LogP contribution is 2.12. The number of aliphatic hydroxyl groups excluding tert-OH is 2. The molecule has 0 aromatic carbocycles. The highest BCUT2D eigenvalue weighted by atomic mass is 32.2. The van der Waals surface area contributed by atoms with Gasteiger partial charge >= 0.3 is 0 Å². The van der Waals surface area contributed by atoms with Crippen LogP contribution in [0.3, 0.4) is 0 Å². The van der Waals surface area contributed by atoms with Crippen LogP contribution in [-0.4, -0.2) is 59.0 Å². The average Bonchev–Trinajstić information content (AvgIpc) is 2.37. The fraction of sp³-hybridized carbons (Fsp3) is 0.909. The van der Waals surface area contributed by atoms with Crippen LogP contribution in [0.25, 0.3) is 0 Å². The summed E-state index contributed by atoms with van der Waals surface area (Å²) in [4.78, 5) is 11.8. The van der Waals surface area contributed by atoms with Gasteiger partial charge in [0.1, 0.15) is 0 Å². The van der Waals surface area contributed by atoms with Gasteiger partial charge in [-0.3, -0.25) is 4.79 Å². The summed E-state index contributed by atoms with van der Waals surface area (Å²) in [6, 6.07) is 0.195. The molecule has 4 N–H and O–H groups in total. The topological polar surface area (TPSA) is 81.6 Å². The Morgan fingerprint density at radius 2 is 2.24 bits per heavy atom. The molecule has 0 spiro atoms. The summed E-state index contributed by atoms with van der Waals surface area (Å²) in [5.41, 5.74) is -0.876. The molecule has 1 fully saturated rings. The Kier molecular flexibility index (Phi) is 6.26. The lowest BCUT2D eigenvalue weighted by Crippen LogP contribution is -2.55. The minimum absolute atomic E-state index is 0.116. The van der Waals surface area contributed by atoms with Crippen molar-refractivity contribution in [1.82, 2.24) is 10.6 Å². The zero-order valence-corrected chi connectivity index (χ0v) is 11.1. The van der Waals surface area contributed by atoms with E-state index in [0.29, 0.717) is 12.8 Å². The predicted octanol–water partition coefficient (Wildman–Crippen LogP) is -0.669. The van der Waals surface area contributed by atoms with Gasteiger partial charge < -0.3 is 20.8 Å². The molecule has 1 amide bonds. The van der Waals surface area contributed by atoms with Crippen LogP contribution < -0.4 is 10.6 Å². The van der Waals surface area contributed by atoms with Gasteiger partial charge in [-0.1, -0.05) is 6.92 Å². The van der Waals surface area contributed by atoms with Crippen molar-refractivity contribution in [2.75, 3.05) is 31.3 Å². The number of rotatable bonds is 6. The first-order valence-electron chi connectivity index (χ1n) is 5.99. The lowest BCUT2D eigenvalue weighted by Gasteiger charge is -2.31. The summed E-state index contributed by atoms with van der Waals surface area (Å²) < 4.78 is 0. The quantitative estimate of drug-likeness (QED) is 0.510. The van der Waals surface area contributed by atoms with Crippen molar-refractivity contribution in [3.8, 4) is 0 Å². The number of hydrogen-bond acceptors (Lipinski definition) is 5. The molecule has 1 aliphatic rings. The van der Waals surface area contributed by atoms with Gasteiger partial charge in [-0.15, -0.1) is 0 Å². The summed E-state index contributed by atoms with van der Waals surface area (Å²) >= 11 is 1.84. The van der Waals surface area contributed by atoms with E-state index in [1.165, 1.54) is 0 Å². The van der Waals surface area contributed by atoms with E-state index in [4.69, 9.17) is 0 Å². The zero-order valence-electron chi connectivity index (χ0n) is 10.2. The van der Waals surface area contributed by atoms with Crippen molar-refractivity contribution in [3.05, 3.63) is 0 Å². The van der Waals surface area contributed by atoms with Gasteiger partial charge in [0.15, 0.2) is 0 Å². The molecule has 100 valence electrons. The molecule has 5 nitrogen and oxygen atoms in total. The summed E-state index contributed by atoms with van der Waals surface area (Å²) in [6.45, 7) is 2.29. The van der Waals surface area contributed by atoms with Crippen LogP contribution in [0, 0.1) is 0 Å². The molecule has 0 aromatic rings. The number of hydrogen-bond donors (Lipinski definition) is 4. The van der Waals surface area contributed by atoms with Gasteiger partial charge in [0.25, 0.3) is 0 Å². The molecule has 0 bridgehead atoms. The minimum atomic E-state index is -0.876. The lowest BCUT2D eigenvalue weighted by atomic mass is 9.98. The number of carbonyl (C=O) groups is 1. The molecule has 1 rings (SSSR count). The van der Waals surface area contributed by atoms with Crippen LogP contribution in [0.4, 0.5) is 0 Å². The maximum absolute atomic E-state index is 11.8. The fourth-order valence-corrected chi connectivity index (χ4v) is 2.71. The second-order valence-corrected chi connectivity index (χ2v) is 5.58. The van der Waals surface area contributed by atoms with Crippen LogP contribution in [0.5, 0.6) is 0 Å². The summed E-state index contributed by atoms with van der Waals surface area (Å²) in [5, 5.41) is 24.5. The smallest absolute Gasteiger partial charge is 0.222 e. The van der Waals surface area contributed by atoms with Gasteiger partial charge in [0, 0.05) is 30.5 Å². The number of aliphatic hydroxyl groups is 2. The van der Waals surface area contributed by atoms with Crippen molar-refractivity contribution in [2.45, 2.75) is 31.3 Å². The molecule has 1 saturated heterocycles. The Morgan fingerprint density at radius 3 is 2.71 bits per heavy atom. The molecule has 6 heteroatoms. The van der Waals surface area contributed by atoms with E-state index in [1.807, 2.05) is 18.7 Å². The lowest BCUT2D eigenvalue weighted by molar-refractivity contribution is -0.124. The Hall–Kier alpha value is -0.300. The highest BCUT2D eigenvalue weighted by molar-refractivity contribution is 7.99. The fourth-order valence-electron chi connectivity index (χ4n) is 1.76. The molecule has 1 atom stereocenters. The van der Waals surface area contributed by atoms with Crippen molar-refractivity contribution in [2.24, 2.45) is 0 Å². The van der Waals surface area contributed by atoms with Crippen molar-refractivity contribution >= 4 is 17.7 Å². The van der Waals surface area contributed by atoms with Crippen LogP contribution in [0.15, 0.2) is 0 Å². The largest absolute Gasteiger partial charge is 0.394 e. The first kappa shape index (κ1) is 14.8. The Morgan fingerprint density at radius 1 is 1.53 bits per heavy atom. The van der Waals surface area contributed by atoms with Crippen molar-refractivity contribution in [3.63, 3.8) is 0 Å². The molecule has 1 aliphatic heterocycles. The standard InChI is InChI=1S/C11H22N2O3S/c1-2-11(7-14,8-15)13-10(16)5-9-6-17-4-3-12-9/h9,12,14-15H,2-8H2,1H3,(H,13,16). The van der Waals surface area contributed by atoms with Gasteiger partial charge in [-0.2, -0.15) is 11.8 Å². The third-order valence-corrected chi connectivity index (χ3v) is 4.25. The SMILES string of the molecule is CCC(CO)(CO)NC(=O)CC1CSCCN1. The summed E-state index contributed by atoms with van der Waals surface area (Å²) in [5.74, 6) is 1.91. The molecule has 0 radical (unpaired) electrons. The summed E-state index contributed by atoms with van der Waals surface area (Å²) in [6.07, 6.45) is 0.910. The maximum atomic E-state index is 11.8. The van der Waals surface area contributed by atoms with E-state index >= 15 is 0 Å². The Balaban J connectivity index is 2.41. The number of nitrogens with one attached hydrogen (secondary N) is 2. The van der Waals surface area contributed by atoms with Crippen molar-refractivity contribution < 1.29 is 15.0 Å².